The van der Waals surface area contributed by atoms with Crippen molar-refractivity contribution in [3.05, 3.63) is 0 Å². The minimum Gasteiger partial charge on any atom is -0.467 e. The smallest absolute Gasteiger partial charge is 0.411 e. The average molecular weight is 317 g/mol. The van der Waals surface area contributed by atoms with Gasteiger partial charge >= 0.3 is 12.1 Å². The second kappa shape index (κ2) is 6.78. The third kappa shape index (κ3) is 4.20. The molecule has 0 bridgehead atoms. The van der Waals surface area contributed by atoms with Crippen LogP contribution in [0.15, 0.2) is 0 Å². The predicted octanol–water partition coefficient (Wildman–Crippen LogP) is 0.729. The maximum absolute atomic E-state index is 12.5. The van der Waals surface area contributed by atoms with Crippen LogP contribution in [0, 0.1) is 0 Å². The van der Waals surface area contributed by atoms with E-state index in [-0.39, 0.29) is 6.61 Å². The van der Waals surface area contributed by atoms with Crippen LogP contribution in [0.2, 0.25) is 5.54 Å². The first-order valence-electron chi connectivity index (χ1n) is 7.24. The van der Waals surface area contributed by atoms with Gasteiger partial charge in [-0.05, 0) is 33.6 Å². The lowest BCUT2D eigenvalue weighted by Gasteiger charge is -2.46. The highest BCUT2D eigenvalue weighted by Gasteiger charge is 2.52. The summed E-state index contributed by atoms with van der Waals surface area (Å²) in [7, 11) is 3.82. The van der Waals surface area contributed by atoms with Crippen LogP contribution in [0.3, 0.4) is 0 Å². The number of likely N-dealkylation sites (tertiary alicyclic amines) is 1. The van der Waals surface area contributed by atoms with E-state index in [1.54, 1.807) is 20.8 Å². The van der Waals surface area contributed by atoms with Gasteiger partial charge in [0.15, 0.2) is 5.54 Å². The van der Waals surface area contributed by atoms with Crippen LogP contribution in [0.5, 0.6) is 0 Å². The summed E-state index contributed by atoms with van der Waals surface area (Å²) < 4.78 is 15.6. The first-order chi connectivity index (χ1) is 9.66. The molecule has 1 amide bonds. The number of nitrogens with zero attached hydrogens (tertiary/aromatic N) is 1. The molecule has 0 aromatic rings. The topological polar surface area (TPSA) is 65.1 Å². The molecule has 21 heavy (non-hydrogen) atoms. The van der Waals surface area contributed by atoms with Crippen molar-refractivity contribution in [1.82, 2.24) is 4.90 Å². The van der Waals surface area contributed by atoms with Gasteiger partial charge in [0.1, 0.15) is 5.60 Å². The summed E-state index contributed by atoms with van der Waals surface area (Å²) in [5, 5.41) is 0. The van der Waals surface area contributed by atoms with E-state index in [9.17, 15) is 9.59 Å². The zero-order chi connectivity index (χ0) is 16.3. The fraction of sp³-hybridized carbons (Fsp3) is 0.857. The van der Waals surface area contributed by atoms with Crippen LogP contribution in [-0.2, 0) is 19.0 Å². The largest absolute Gasteiger partial charge is 0.467 e. The maximum atomic E-state index is 12.5. The molecule has 1 rings (SSSR count). The Morgan fingerprint density at radius 3 is 2.43 bits per heavy atom. The van der Waals surface area contributed by atoms with Gasteiger partial charge in [0.05, 0.1) is 13.7 Å². The molecule has 0 aromatic heterocycles. The molecule has 0 N–H and O–H groups in total. The fourth-order valence-corrected chi connectivity index (χ4v) is 3.69. The van der Waals surface area contributed by atoms with Gasteiger partial charge in [-0.1, -0.05) is 5.54 Å². The second-order valence-corrected chi connectivity index (χ2v) is 8.32. The third-order valence-electron chi connectivity index (χ3n) is 3.61. The number of piperidine rings is 1. The van der Waals surface area contributed by atoms with Gasteiger partial charge in [-0.15, -0.1) is 0 Å². The molecule has 0 saturated carbocycles. The molecule has 0 aliphatic carbocycles. The molecule has 0 radical (unpaired) electrons. The van der Waals surface area contributed by atoms with E-state index in [0.717, 1.165) is 16.7 Å². The summed E-state index contributed by atoms with van der Waals surface area (Å²) >= 11 is 0. The maximum Gasteiger partial charge on any atom is 0.411 e. The minimum atomic E-state index is -1.07. The number of ether oxygens (including phenoxy) is 3. The number of carbonyl (C=O) groups excluding carboxylic acids is 2. The van der Waals surface area contributed by atoms with Gasteiger partial charge in [-0.3, -0.25) is 4.90 Å². The molecule has 1 aliphatic heterocycles. The van der Waals surface area contributed by atoms with Gasteiger partial charge in [-0.2, -0.15) is 0 Å². The van der Waals surface area contributed by atoms with Crippen LogP contribution >= 0.6 is 0 Å². The Bertz CT molecular complexity index is 395. The van der Waals surface area contributed by atoms with Crippen molar-refractivity contribution in [3.63, 3.8) is 0 Å². The monoisotopic (exact) mass is 317 g/mol. The number of carbonyl (C=O) groups is 2. The Balaban J connectivity index is 3.11. The number of methoxy groups -OCH3 is 2. The molecule has 1 aliphatic rings. The van der Waals surface area contributed by atoms with Crippen LogP contribution < -0.4 is 0 Å². The number of hydrogen-bond acceptors (Lipinski definition) is 5. The van der Waals surface area contributed by atoms with Crippen molar-refractivity contribution in [2.75, 3.05) is 27.4 Å². The Labute approximate surface area is 129 Å². The van der Waals surface area contributed by atoms with Crippen molar-refractivity contribution in [2.45, 2.75) is 50.3 Å². The van der Waals surface area contributed by atoms with Crippen molar-refractivity contribution in [2.24, 2.45) is 0 Å². The lowest BCUT2D eigenvalue weighted by molar-refractivity contribution is -0.161. The van der Waals surface area contributed by atoms with E-state index >= 15 is 0 Å². The first kappa shape index (κ1) is 18.0. The molecule has 1 fully saturated rings. The van der Waals surface area contributed by atoms with Crippen molar-refractivity contribution < 1.29 is 23.8 Å². The molecule has 122 valence electrons. The lowest BCUT2D eigenvalue weighted by atomic mass is 9.87. The van der Waals surface area contributed by atoms with E-state index in [0.29, 0.717) is 18.5 Å². The van der Waals surface area contributed by atoms with E-state index in [4.69, 9.17) is 14.2 Å². The van der Waals surface area contributed by atoms with Crippen molar-refractivity contribution in [1.29, 1.82) is 0 Å². The third-order valence-corrected chi connectivity index (χ3v) is 4.60. The van der Waals surface area contributed by atoms with Gasteiger partial charge in [0, 0.05) is 23.9 Å². The molecule has 1 heterocycles. The van der Waals surface area contributed by atoms with Crippen LogP contribution in [0.1, 0.15) is 33.6 Å². The highest BCUT2D eigenvalue weighted by Crippen LogP contribution is 2.36. The fourth-order valence-electron chi connectivity index (χ4n) is 2.75. The zero-order valence-electron chi connectivity index (χ0n) is 13.9. The number of esters is 1. The van der Waals surface area contributed by atoms with Crippen molar-refractivity contribution in [3.8, 4) is 0 Å². The van der Waals surface area contributed by atoms with E-state index in [1.165, 1.54) is 19.1 Å². The van der Waals surface area contributed by atoms with E-state index in [1.807, 2.05) is 0 Å². The van der Waals surface area contributed by atoms with Crippen molar-refractivity contribution >= 4 is 22.3 Å². The molecule has 6 nitrogen and oxygen atoms in total. The number of hydrogen-bond donors (Lipinski definition) is 0. The summed E-state index contributed by atoms with van der Waals surface area (Å²) in [6.45, 7) is 6.03. The van der Waals surface area contributed by atoms with Gasteiger partial charge in [0.2, 0.25) is 0 Å². The SMILES string of the molecule is COC[C@@]1(C(=O)OC)CC([SiH3])CCN1C(=O)OC(C)(C)C. The van der Waals surface area contributed by atoms with Gasteiger partial charge in [-0.25, -0.2) is 9.59 Å². The summed E-state index contributed by atoms with van der Waals surface area (Å²) in [6.07, 6.45) is 0.964. The molecule has 0 spiro atoms. The minimum absolute atomic E-state index is 0.123. The normalized spacial score (nSPS) is 26.5. The van der Waals surface area contributed by atoms with E-state index < -0.39 is 23.2 Å². The Morgan fingerprint density at radius 1 is 1.33 bits per heavy atom. The molecule has 1 unspecified atom stereocenters. The average Bonchev–Trinajstić information content (AvgIpc) is 2.35. The standard InChI is InChI=1S/C14H27NO5Si/c1-13(2,3)20-12(17)15-7-6-10(21)8-14(15,9-18-4)11(16)19-5/h10H,6-9H2,1-5,21H3/t10?,14-/m1/s1. The highest BCUT2D eigenvalue weighted by atomic mass is 28.1. The molecule has 0 aromatic carbocycles. The Kier molecular flexibility index (Phi) is 5.80. The summed E-state index contributed by atoms with van der Waals surface area (Å²) in [5.74, 6) is -0.434. The molecule has 2 atom stereocenters. The quantitative estimate of drug-likeness (QED) is 0.567. The Hall–Kier alpha value is -1.08. The van der Waals surface area contributed by atoms with E-state index in [2.05, 4.69) is 0 Å². The van der Waals surface area contributed by atoms with Gasteiger partial charge < -0.3 is 14.2 Å². The molecule has 7 heteroatoms. The lowest BCUT2D eigenvalue weighted by Crippen LogP contribution is -2.63. The van der Waals surface area contributed by atoms with Crippen LogP contribution in [0.4, 0.5) is 4.79 Å². The Morgan fingerprint density at radius 2 is 1.95 bits per heavy atom. The zero-order valence-corrected chi connectivity index (χ0v) is 15.9. The molecule has 1 saturated heterocycles. The van der Waals surface area contributed by atoms with Crippen LogP contribution in [-0.4, -0.2) is 65.7 Å². The molecular weight excluding hydrogens is 290 g/mol. The molecular formula is C14H27NO5Si. The predicted molar refractivity (Wildman–Crippen MR) is 82.5 cm³/mol. The van der Waals surface area contributed by atoms with Gasteiger partial charge in [0.25, 0.3) is 0 Å². The summed E-state index contributed by atoms with van der Waals surface area (Å²) in [5.41, 5.74) is -1.24. The second-order valence-electron chi connectivity index (χ2n) is 6.69. The number of amides is 1. The first-order valence-corrected chi connectivity index (χ1v) is 8.39. The highest BCUT2D eigenvalue weighted by molar-refractivity contribution is 6.12. The number of rotatable bonds is 3. The van der Waals surface area contributed by atoms with Crippen LogP contribution in [0.25, 0.3) is 0 Å². The summed E-state index contributed by atoms with van der Waals surface area (Å²) in [6, 6.07) is 0. The summed E-state index contributed by atoms with van der Waals surface area (Å²) in [4.78, 5) is 26.3.